The molecule has 0 bridgehead atoms. The molecular weight excluding hydrogens is 242 g/mol. The van der Waals surface area contributed by atoms with Crippen LogP contribution in [0.3, 0.4) is 0 Å². The number of hydrogen-bond donors (Lipinski definition) is 1. The Morgan fingerprint density at radius 1 is 0.900 bits per heavy atom. The first-order valence-electron chi connectivity index (χ1n) is 7.49. The van der Waals surface area contributed by atoms with E-state index in [-0.39, 0.29) is 0 Å². The van der Waals surface area contributed by atoms with Gasteiger partial charge in [-0.25, -0.2) is 0 Å². The molecule has 1 N–H and O–H groups in total. The average Bonchev–Trinajstić information content (AvgIpc) is 2.48. The zero-order valence-electron chi connectivity index (χ0n) is 13.0. The molecule has 0 saturated carbocycles. The summed E-state index contributed by atoms with van der Waals surface area (Å²) in [6, 6.07) is 17.9. The second-order valence-electron chi connectivity index (χ2n) is 5.58. The van der Waals surface area contributed by atoms with Crippen LogP contribution in [0.2, 0.25) is 0 Å². The van der Waals surface area contributed by atoms with Crippen molar-refractivity contribution in [2.75, 3.05) is 6.54 Å². The van der Waals surface area contributed by atoms with Crippen LogP contribution in [0.15, 0.2) is 48.5 Å². The van der Waals surface area contributed by atoms with Crippen LogP contribution in [0.1, 0.15) is 48.1 Å². The van der Waals surface area contributed by atoms with Crippen LogP contribution in [0.5, 0.6) is 0 Å². The Bertz CT molecular complexity index is 545. The minimum absolute atomic E-state index is 0.363. The minimum atomic E-state index is 0.363. The molecule has 0 amide bonds. The number of hydrogen-bond acceptors (Lipinski definition) is 1. The Morgan fingerprint density at radius 3 is 2.20 bits per heavy atom. The van der Waals surface area contributed by atoms with Gasteiger partial charge in [-0.1, -0.05) is 62.4 Å². The Kier molecular flexibility index (Phi) is 4.97. The topological polar surface area (TPSA) is 12.0 Å². The minimum Gasteiger partial charge on any atom is -0.310 e. The Balaban J connectivity index is 2.33. The summed E-state index contributed by atoms with van der Waals surface area (Å²) >= 11 is 0. The summed E-state index contributed by atoms with van der Waals surface area (Å²) in [7, 11) is 0. The lowest BCUT2D eigenvalue weighted by atomic mass is 9.87. The molecule has 0 heterocycles. The molecule has 2 aromatic rings. The third-order valence-corrected chi connectivity index (χ3v) is 4.14. The fourth-order valence-corrected chi connectivity index (χ4v) is 2.71. The smallest absolute Gasteiger partial charge is 0.0386 e. The Labute approximate surface area is 123 Å². The van der Waals surface area contributed by atoms with E-state index in [9.17, 15) is 0 Å². The van der Waals surface area contributed by atoms with E-state index < -0.39 is 0 Å². The van der Waals surface area contributed by atoms with E-state index in [2.05, 4.69) is 81.5 Å². The van der Waals surface area contributed by atoms with Crippen LogP contribution in [-0.4, -0.2) is 6.54 Å². The van der Waals surface area contributed by atoms with Gasteiger partial charge in [0.2, 0.25) is 0 Å². The highest BCUT2D eigenvalue weighted by molar-refractivity contribution is 5.34. The first-order valence-corrected chi connectivity index (χ1v) is 7.49. The summed E-state index contributed by atoms with van der Waals surface area (Å²) in [6.07, 6.45) is 0. The molecule has 0 radical (unpaired) electrons. The second kappa shape index (κ2) is 6.71. The SMILES string of the molecule is CCNC(c1ccc(C)c(C)c1)C(C)c1ccccc1. The van der Waals surface area contributed by atoms with Gasteiger partial charge in [0.25, 0.3) is 0 Å². The first-order chi connectivity index (χ1) is 9.63. The van der Waals surface area contributed by atoms with Crippen LogP contribution in [0.4, 0.5) is 0 Å². The van der Waals surface area contributed by atoms with Gasteiger partial charge in [-0.15, -0.1) is 0 Å². The molecule has 0 aromatic heterocycles. The van der Waals surface area contributed by atoms with Gasteiger partial charge in [0, 0.05) is 12.0 Å². The van der Waals surface area contributed by atoms with Crippen molar-refractivity contribution < 1.29 is 0 Å². The molecule has 20 heavy (non-hydrogen) atoms. The Hall–Kier alpha value is -1.60. The zero-order chi connectivity index (χ0) is 14.5. The molecule has 2 unspecified atom stereocenters. The summed E-state index contributed by atoms with van der Waals surface area (Å²) in [5, 5.41) is 3.64. The predicted octanol–water partition coefficient (Wildman–Crippen LogP) is 4.76. The van der Waals surface area contributed by atoms with Gasteiger partial charge in [0.15, 0.2) is 0 Å². The molecule has 0 spiro atoms. The average molecular weight is 267 g/mol. The molecule has 0 fully saturated rings. The molecule has 0 aliphatic rings. The molecule has 2 atom stereocenters. The number of nitrogens with one attached hydrogen (secondary N) is 1. The monoisotopic (exact) mass is 267 g/mol. The first kappa shape index (κ1) is 14.8. The maximum Gasteiger partial charge on any atom is 0.0386 e. The lowest BCUT2D eigenvalue weighted by molar-refractivity contribution is 0.479. The third kappa shape index (κ3) is 3.29. The fraction of sp³-hybridized carbons (Fsp3) is 0.368. The molecule has 2 rings (SSSR count). The highest BCUT2D eigenvalue weighted by atomic mass is 14.9. The van der Waals surface area contributed by atoms with Crippen molar-refractivity contribution in [3.8, 4) is 0 Å². The Morgan fingerprint density at radius 2 is 1.60 bits per heavy atom. The van der Waals surface area contributed by atoms with Gasteiger partial charge < -0.3 is 5.32 Å². The molecule has 2 aromatic carbocycles. The molecule has 1 heteroatoms. The maximum atomic E-state index is 3.64. The van der Waals surface area contributed by atoms with E-state index in [4.69, 9.17) is 0 Å². The van der Waals surface area contributed by atoms with Crippen molar-refractivity contribution >= 4 is 0 Å². The van der Waals surface area contributed by atoms with Crippen molar-refractivity contribution in [3.05, 3.63) is 70.8 Å². The van der Waals surface area contributed by atoms with E-state index in [1.165, 1.54) is 22.3 Å². The van der Waals surface area contributed by atoms with Crippen molar-refractivity contribution in [1.29, 1.82) is 0 Å². The second-order valence-corrected chi connectivity index (χ2v) is 5.58. The lowest BCUT2D eigenvalue weighted by Gasteiger charge is -2.26. The quantitative estimate of drug-likeness (QED) is 0.823. The van der Waals surface area contributed by atoms with E-state index in [0.717, 1.165) is 6.54 Å². The van der Waals surface area contributed by atoms with E-state index in [1.807, 2.05) is 0 Å². The molecule has 0 aliphatic heterocycles. The van der Waals surface area contributed by atoms with Crippen LogP contribution in [0, 0.1) is 13.8 Å². The normalized spacial score (nSPS) is 14.0. The van der Waals surface area contributed by atoms with Crippen LogP contribution in [0.25, 0.3) is 0 Å². The fourth-order valence-electron chi connectivity index (χ4n) is 2.71. The molecule has 0 saturated heterocycles. The summed E-state index contributed by atoms with van der Waals surface area (Å²) in [4.78, 5) is 0. The van der Waals surface area contributed by atoms with E-state index in [1.54, 1.807) is 0 Å². The van der Waals surface area contributed by atoms with Crippen LogP contribution >= 0.6 is 0 Å². The maximum absolute atomic E-state index is 3.64. The number of rotatable bonds is 5. The number of aryl methyl sites for hydroxylation is 2. The van der Waals surface area contributed by atoms with E-state index in [0.29, 0.717) is 12.0 Å². The summed E-state index contributed by atoms with van der Waals surface area (Å²) < 4.78 is 0. The van der Waals surface area contributed by atoms with Crippen molar-refractivity contribution in [1.82, 2.24) is 5.32 Å². The van der Waals surface area contributed by atoms with Gasteiger partial charge in [-0.05, 0) is 42.6 Å². The molecular formula is C19H25N. The standard InChI is InChI=1S/C19H25N/c1-5-20-19(16(4)17-9-7-6-8-10-17)18-12-11-14(2)15(3)13-18/h6-13,16,19-20H,5H2,1-4H3. The van der Waals surface area contributed by atoms with E-state index >= 15 is 0 Å². The summed E-state index contributed by atoms with van der Waals surface area (Å²) in [6.45, 7) is 9.81. The predicted molar refractivity (Wildman–Crippen MR) is 87.2 cm³/mol. The summed E-state index contributed by atoms with van der Waals surface area (Å²) in [5.41, 5.74) is 5.49. The third-order valence-electron chi connectivity index (χ3n) is 4.14. The number of benzene rings is 2. The van der Waals surface area contributed by atoms with Gasteiger partial charge in [-0.2, -0.15) is 0 Å². The highest BCUT2D eigenvalue weighted by Crippen LogP contribution is 2.31. The highest BCUT2D eigenvalue weighted by Gasteiger charge is 2.20. The molecule has 1 nitrogen and oxygen atoms in total. The van der Waals surface area contributed by atoms with Crippen LogP contribution < -0.4 is 5.32 Å². The lowest BCUT2D eigenvalue weighted by Crippen LogP contribution is -2.25. The van der Waals surface area contributed by atoms with Gasteiger partial charge in [-0.3, -0.25) is 0 Å². The van der Waals surface area contributed by atoms with Gasteiger partial charge in [0.05, 0.1) is 0 Å². The van der Waals surface area contributed by atoms with Crippen molar-refractivity contribution in [2.24, 2.45) is 0 Å². The summed E-state index contributed by atoms with van der Waals surface area (Å²) in [5.74, 6) is 0.457. The van der Waals surface area contributed by atoms with Crippen molar-refractivity contribution in [3.63, 3.8) is 0 Å². The number of likely N-dealkylation sites (N-methyl/N-ethyl adjacent to an activating group) is 1. The van der Waals surface area contributed by atoms with Crippen LogP contribution in [-0.2, 0) is 0 Å². The van der Waals surface area contributed by atoms with Gasteiger partial charge >= 0.3 is 0 Å². The largest absolute Gasteiger partial charge is 0.310 e. The molecule has 0 aliphatic carbocycles. The van der Waals surface area contributed by atoms with Gasteiger partial charge in [0.1, 0.15) is 0 Å². The zero-order valence-corrected chi connectivity index (χ0v) is 13.0. The van der Waals surface area contributed by atoms with Crippen molar-refractivity contribution in [2.45, 2.75) is 39.7 Å². The molecule has 106 valence electrons.